The van der Waals surface area contributed by atoms with Crippen LogP contribution in [0.1, 0.15) is 24.5 Å². The monoisotopic (exact) mass is 287 g/mol. The van der Waals surface area contributed by atoms with E-state index in [9.17, 15) is 0 Å². The Hall–Kier alpha value is -1.79. The van der Waals surface area contributed by atoms with Crippen molar-refractivity contribution in [3.8, 4) is 0 Å². The summed E-state index contributed by atoms with van der Waals surface area (Å²) in [5, 5.41) is 14.9. The minimum atomic E-state index is 0.474. The third-order valence-electron chi connectivity index (χ3n) is 2.99. The number of nitrogens with zero attached hydrogens (tertiary/aromatic N) is 4. The minimum absolute atomic E-state index is 0.474. The zero-order valence-electron chi connectivity index (χ0n) is 11.6. The summed E-state index contributed by atoms with van der Waals surface area (Å²) in [6, 6.07) is 8.45. The molecule has 0 aliphatic carbocycles. The highest BCUT2D eigenvalue weighted by molar-refractivity contribution is 7.09. The first-order valence-corrected chi connectivity index (χ1v) is 7.55. The molecule has 0 fully saturated rings. The van der Waals surface area contributed by atoms with Crippen LogP contribution in [-0.2, 0) is 13.1 Å². The molecule has 0 saturated carbocycles. The first-order valence-electron chi connectivity index (χ1n) is 6.67. The molecule has 2 heterocycles. The standard InChI is InChI=1S/C14H17N5S/c1-10(2)15-7-14-16-11(9-20-14)8-19-13-6-4-3-5-12(13)17-18-19/h3-6,9-10,15H,7-8H2,1-2H3. The molecular formula is C14H17N5S. The summed E-state index contributed by atoms with van der Waals surface area (Å²) in [5.74, 6) is 0. The summed E-state index contributed by atoms with van der Waals surface area (Å²) < 4.78 is 1.89. The van der Waals surface area contributed by atoms with Gasteiger partial charge in [-0.3, -0.25) is 0 Å². The van der Waals surface area contributed by atoms with Gasteiger partial charge in [0.05, 0.1) is 17.8 Å². The van der Waals surface area contributed by atoms with Crippen LogP contribution in [0.3, 0.4) is 0 Å². The molecule has 20 heavy (non-hydrogen) atoms. The van der Waals surface area contributed by atoms with Gasteiger partial charge < -0.3 is 5.32 Å². The van der Waals surface area contributed by atoms with Crippen LogP contribution in [0.5, 0.6) is 0 Å². The van der Waals surface area contributed by atoms with Gasteiger partial charge in [-0.15, -0.1) is 16.4 Å². The van der Waals surface area contributed by atoms with Crippen LogP contribution in [0.15, 0.2) is 29.6 Å². The molecule has 0 atom stereocenters. The smallest absolute Gasteiger partial charge is 0.113 e. The predicted molar refractivity (Wildman–Crippen MR) is 80.7 cm³/mol. The highest BCUT2D eigenvalue weighted by atomic mass is 32.1. The van der Waals surface area contributed by atoms with Crippen molar-refractivity contribution in [1.29, 1.82) is 0 Å². The molecule has 3 rings (SSSR count). The first-order chi connectivity index (χ1) is 9.72. The second kappa shape index (κ2) is 5.68. The predicted octanol–water partition coefficient (Wildman–Crippen LogP) is 2.43. The summed E-state index contributed by atoms with van der Waals surface area (Å²) in [6.45, 7) is 5.76. The van der Waals surface area contributed by atoms with Crippen molar-refractivity contribution >= 4 is 22.4 Å². The zero-order chi connectivity index (χ0) is 13.9. The van der Waals surface area contributed by atoms with Crippen LogP contribution in [0.4, 0.5) is 0 Å². The van der Waals surface area contributed by atoms with Gasteiger partial charge in [-0.2, -0.15) is 0 Å². The number of rotatable bonds is 5. The lowest BCUT2D eigenvalue weighted by atomic mass is 10.3. The lowest BCUT2D eigenvalue weighted by Gasteiger charge is -2.04. The minimum Gasteiger partial charge on any atom is -0.308 e. The van der Waals surface area contributed by atoms with Crippen LogP contribution in [0.25, 0.3) is 11.0 Å². The fourth-order valence-electron chi connectivity index (χ4n) is 1.98. The van der Waals surface area contributed by atoms with E-state index in [-0.39, 0.29) is 0 Å². The van der Waals surface area contributed by atoms with E-state index in [0.29, 0.717) is 12.6 Å². The third-order valence-corrected chi connectivity index (χ3v) is 3.89. The van der Waals surface area contributed by atoms with Crippen LogP contribution in [-0.4, -0.2) is 26.0 Å². The Balaban J connectivity index is 1.74. The molecule has 0 bridgehead atoms. The van der Waals surface area contributed by atoms with Crippen LogP contribution in [0.2, 0.25) is 0 Å². The maximum absolute atomic E-state index is 4.63. The van der Waals surface area contributed by atoms with Crippen LogP contribution in [0, 0.1) is 0 Å². The Kier molecular flexibility index (Phi) is 3.75. The van der Waals surface area contributed by atoms with Gasteiger partial charge >= 0.3 is 0 Å². The first kappa shape index (κ1) is 13.2. The van der Waals surface area contributed by atoms with E-state index in [1.54, 1.807) is 11.3 Å². The molecule has 0 spiro atoms. The largest absolute Gasteiger partial charge is 0.308 e. The maximum atomic E-state index is 4.63. The molecule has 0 unspecified atom stereocenters. The van der Waals surface area contributed by atoms with Gasteiger partial charge in [-0.25, -0.2) is 9.67 Å². The highest BCUT2D eigenvalue weighted by Crippen LogP contribution is 2.14. The van der Waals surface area contributed by atoms with E-state index in [4.69, 9.17) is 0 Å². The van der Waals surface area contributed by atoms with E-state index in [1.807, 2.05) is 28.9 Å². The summed E-state index contributed by atoms with van der Waals surface area (Å²) in [6.07, 6.45) is 0. The van der Waals surface area contributed by atoms with Crippen molar-refractivity contribution in [1.82, 2.24) is 25.3 Å². The molecule has 0 radical (unpaired) electrons. The number of hydrogen-bond acceptors (Lipinski definition) is 5. The zero-order valence-corrected chi connectivity index (χ0v) is 12.4. The summed E-state index contributed by atoms with van der Waals surface area (Å²) in [5.41, 5.74) is 3.00. The number of aromatic nitrogens is 4. The van der Waals surface area contributed by atoms with Gasteiger partial charge in [0.2, 0.25) is 0 Å². The second-order valence-electron chi connectivity index (χ2n) is 5.00. The lowest BCUT2D eigenvalue weighted by molar-refractivity contribution is 0.584. The van der Waals surface area contributed by atoms with E-state index in [1.165, 1.54) is 0 Å². The second-order valence-corrected chi connectivity index (χ2v) is 5.95. The number of benzene rings is 1. The SMILES string of the molecule is CC(C)NCc1nc(Cn2nnc3ccccc32)cs1. The van der Waals surface area contributed by atoms with Gasteiger partial charge in [0, 0.05) is 18.0 Å². The number of fused-ring (bicyclic) bond motifs is 1. The molecule has 0 aliphatic rings. The maximum Gasteiger partial charge on any atom is 0.113 e. The Morgan fingerprint density at radius 3 is 3.00 bits per heavy atom. The molecular weight excluding hydrogens is 270 g/mol. The molecule has 1 N–H and O–H groups in total. The topological polar surface area (TPSA) is 55.6 Å². The molecule has 5 nitrogen and oxygen atoms in total. The summed E-state index contributed by atoms with van der Waals surface area (Å²) >= 11 is 1.68. The summed E-state index contributed by atoms with van der Waals surface area (Å²) in [4.78, 5) is 4.63. The quantitative estimate of drug-likeness (QED) is 0.783. The van der Waals surface area contributed by atoms with Crippen molar-refractivity contribution in [3.63, 3.8) is 0 Å². The molecule has 0 saturated heterocycles. The van der Waals surface area contributed by atoms with E-state index in [2.05, 4.69) is 39.8 Å². The Morgan fingerprint density at radius 1 is 1.30 bits per heavy atom. The summed E-state index contributed by atoms with van der Waals surface area (Å²) in [7, 11) is 0. The third kappa shape index (κ3) is 2.86. The van der Waals surface area contributed by atoms with Gasteiger partial charge in [-0.1, -0.05) is 31.2 Å². The van der Waals surface area contributed by atoms with Crippen LogP contribution >= 0.6 is 11.3 Å². The fraction of sp³-hybridized carbons (Fsp3) is 0.357. The average molecular weight is 287 g/mol. The number of hydrogen-bond donors (Lipinski definition) is 1. The average Bonchev–Trinajstić information content (AvgIpc) is 3.05. The molecule has 104 valence electrons. The fourth-order valence-corrected chi connectivity index (χ4v) is 2.72. The number of thiazole rings is 1. The van der Waals surface area contributed by atoms with Crippen molar-refractivity contribution in [2.75, 3.05) is 0 Å². The molecule has 6 heteroatoms. The molecule has 2 aromatic heterocycles. The van der Waals surface area contributed by atoms with Crippen LogP contribution < -0.4 is 5.32 Å². The van der Waals surface area contributed by atoms with Gasteiger partial charge in [-0.05, 0) is 12.1 Å². The molecule has 0 aliphatic heterocycles. The van der Waals surface area contributed by atoms with Gasteiger partial charge in [0.25, 0.3) is 0 Å². The Morgan fingerprint density at radius 2 is 2.15 bits per heavy atom. The van der Waals surface area contributed by atoms with Gasteiger partial charge in [0.1, 0.15) is 10.5 Å². The molecule has 1 aromatic carbocycles. The number of nitrogens with one attached hydrogen (secondary N) is 1. The van der Waals surface area contributed by atoms with E-state index in [0.717, 1.165) is 28.3 Å². The molecule has 0 amide bonds. The Labute approximate surface area is 121 Å². The Bertz CT molecular complexity index is 700. The lowest BCUT2D eigenvalue weighted by Crippen LogP contribution is -2.21. The number of para-hydroxylation sites is 1. The van der Waals surface area contributed by atoms with Crippen molar-refractivity contribution in [2.45, 2.75) is 33.0 Å². The van der Waals surface area contributed by atoms with Gasteiger partial charge in [0.15, 0.2) is 0 Å². The van der Waals surface area contributed by atoms with E-state index >= 15 is 0 Å². The van der Waals surface area contributed by atoms with Crippen molar-refractivity contribution in [3.05, 3.63) is 40.3 Å². The molecule has 3 aromatic rings. The highest BCUT2D eigenvalue weighted by Gasteiger charge is 2.07. The normalized spacial score (nSPS) is 11.6. The van der Waals surface area contributed by atoms with Crippen molar-refractivity contribution < 1.29 is 0 Å². The van der Waals surface area contributed by atoms with Crippen molar-refractivity contribution in [2.24, 2.45) is 0 Å². The van der Waals surface area contributed by atoms with E-state index < -0.39 is 0 Å².